The smallest absolute Gasteiger partial charge is 0.328 e. The van der Waals surface area contributed by atoms with Crippen molar-refractivity contribution in [2.75, 3.05) is 39.5 Å². The highest BCUT2D eigenvalue weighted by Gasteiger charge is 2.44. The summed E-state index contributed by atoms with van der Waals surface area (Å²) < 4.78 is 5.80. The quantitative estimate of drug-likeness (QED) is 0.0157. The number of ether oxygens (including phenoxy) is 1. The van der Waals surface area contributed by atoms with Gasteiger partial charge in [0, 0.05) is 19.6 Å². The number of carbonyl (C=O) groups excluding carboxylic acids is 20. The number of aliphatic hydroxyl groups is 4. The first-order valence-electron chi connectivity index (χ1n) is 48.4. The number of nitrogens with two attached hydrogens (primary N) is 3. The molecule has 2 aliphatic rings. The maximum absolute atomic E-state index is 14.7. The summed E-state index contributed by atoms with van der Waals surface area (Å²) in [6.07, 6.45) is 2.00. The summed E-state index contributed by atoms with van der Waals surface area (Å²) in [6.45, 7) is 29.4. The van der Waals surface area contributed by atoms with Gasteiger partial charge in [-0.2, -0.15) is 0 Å². The van der Waals surface area contributed by atoms with Gasteiger partial charge in [-0.1, -0.05) is 149 Å². The lowest BCUT2D eigenvalue weighted by atomic mass is 9.97. The molecule has 2 heterocycles. The number of amides is 19. The van der Waals surface area contributed by atoms with E-state index in [4.69, 9.17) is 21.9 Å². The number of carbonyl (C=O) groups is 20. The Kier molecular flexibility index (Phi) is 55.7. The summed E-state index contributed by atoms with van der Waals surface area (Å²) in [5.41, 5.74) is 16.5. The molecule has 0 spiro atoms. The normalized spacial score (nSPS) is 19.9. The Hall–Kier alpha value is -11.4. The van der Waals surface area contributed by atoms with Crippen LogP contribution in [0.5, 0.6) is 0 Å². The third-order valence-corrected chi connectivity index (χ3v) is 23.2. The molecule has 2 rings (SSSR count). The molecule has 19 amide bonds. The van der Waals surface area contributed by atoms with Crippen molar-refractivity contribution in [2.24, 2.45) is 64.5 Å². The summed E-state index contributed by atoms with van der Waals surface area (Å²) >= 11 is 0. The van der Waals surface area contributed by atoms with E-state index in [1.807, 2.05) is 6.92 Å². The average Bonchev–Trinajstić information content (AvgIpc) is 1.67. The van der Waals surface area contributed by atoms with Crippen LogP contribution in [0.3, 0.4) is 0 Å². The highest BCUT2D eigenvalue weighted by molar-refractivity contribution is 6.05. The second-order valence-electron chi connectivity index (χ2n) is 38.4. The molecule has 2 saturated heterocycles. The summed E-state index contributed by atoms with van der Waals surface area (Å²) in [4.78, 5) is 283. The molecule has 0 radical (unpaired) electrons. The number of aliphatic hydroxyl groups excluding tert-OH is 4. The fraction of sp³-hybridized carbons (Fsp3) is 0.742. The second-order valence-corrected chi connectivity index (χ2v) is 38.4. The molecule has 46 nitrogen and oxygen atoms in total. The van der Waals surface area contributed by atoms with E-state index in [1.165, 1.54) is 45.6 Å². The third-order valence-electron chi connectivity index (χ3n) is 23.2. The number of esters is 1. The van der Waals surface area contributed by atoms with Crippen LogP contribution in [0, 0.1) is 47.3 Å². The van der Waals surface area contributed by atoms with E-state index in [-0.39, 0.29) is 101 Å². The number of rotatable bonds is 56. The standard InChI is InChI=1S/C93H161N21O25/c1-21-24-25-29-55(118)43-69(120)97-57(23-3)92(137)114-38-28-31-67(114)85(130)106-65(44-116)83(128)104-63(41-47(6)7)81(126)109-71(50(12)13)89(134)107-66(45-117)84(129)105-64(42-48(8)9)82(127)110-74(53(18)19)90(135)111-72(51(14)15)87(132)100-58(32-33-68(96)119)77(122)103-62(40-46(4)5)80(125)108-70(49(10)11)86(131)98-56(22-2)76(121)113-75-54(20)139-93(138)61(30-26-27-36-94)102-78(123)59(34-37-95)99-79(124)60(35-39-115)101-88(133)73(52(16)17)112-91(75)136/h22-23,46-55,58-67,70-75,115-118H,21,24-45,94-95H2,1-20H3,(H2,96,119)(H,97,120)(H,98,131)(H,99,124)(H,100,132)(H,101,133)(H,102,123)(H,103,122)(H,104,128)(H,105,129)(H,106,130)(H,107,134)(H,108,125)(H,109,126)(H,110,127)(H,111,135)(H,112,136)(H,113,121)/b56-22-,57-23-/t54-,55?,58-,59-,60+,61+,62+,63-,64-,65-,66-,67-,70-,71-,72+,73+,74-,75-/m1/s1. The third kappa shape index (κ3) is 42.3. The van der Waals surface area contributed by atoms with Crippen molar-refractivity contribution in [3.05, 3.63) is 23.5 Å². The van der Waals surface area contributed by atoms with Crippen LogP contribution >= 0.6 is 0 Å². The molecule has 0 saturated carbocycles. The van der Waals surface area contributed by atoms with Crippen LogP contribution in [0.25, 0.3) is 0 Å². The van der Waals surface area contributed by atoms with Gasteiger partial charge in [0.25, 0.3) is 11.8 Å². The molecule has 2 aliphatic heterocycles. The van der Waals surface area contributed by atoms with Crippen molar-refractivity contribution in [1.82, 2.24) is 95.3 Å². The van der Waals surface area contributed by atoms with Gasteiger partial charge < -0.3 is 138 Å². The molecule has 46 heteroatoms. The van der Waals surface area contributed by atoms with E-state index < -0.39 is 295 Å². The molecule has 0 aromatic heterocycles. The Morgan fingerprint density at radius 1 is 0.468 bits per heavy atom. The summed E-state index contributed by atoms with van der Waals surface area (Å²) in [5, 5.41) is 84.7. The van der Waals surface area contributed by atoms with E-state index in [9.17, 15) is 116 Å². The molecular weight excluding hydrogens is 1810 g/mol. The van der Waals surface area contributed by atoms with E-state index in [0.29, 0.717) is 25.7 Å². The Balaban J connectivity index is 2.44. The van der Waals surface area contributed by atoms with Crippen LogP contribution in [-0.4, -0.2) is 292 Å². The second kappa shape index (κ2) is 62.6. The van der Waals surface area contributed by atoms with Crippen LogP contribution in [0.1, 0.15) is 248 Å². The SMILES string of the molecule is C/C=C(\NC(=O)[C@H](NC(=O)[C@H](CC(C)C)NC(=O)[C@@H](CCC(N)=O)NC(=O)[C@@H](NC(=O)[C@H](NC(=O)[C@@H](CC(C)C)NC(=O)[C@@H](CO)NC(=O)[C@H](NC(=O)[C@@H](CC(C)C)NC(=O)[C@@H](CO)NC(=O)[C@H]1CCCN1C(=O)/C(=C/C)NC(=O)CC(O)CCCCC)C(C)C)C(C)C)C(C)C)C(C)C)C(=O)N[C@H]1C(=O)N[C@@H](C(C)C)C(=O)N[C@@H](CCO)C(=O)N[C@H](CCN)C(=O)N[C@@H](CCCCN)C(=O)O[C@@H]1C. The largest absolute Gasteiger partial charge is 0.458 e. The van der Waals surface area contributed by atoms with E-state index in [0.717, 1.165) is 18.9 Å². The van der Waals surface area contributed by atoms with Crippen LogP contribution in [-0.2, 0) is 101 Å². The van der Waals surface area contributed by atoms with Gasteiger partial charge in [0.05, 0.1) is 25.7 Å². The number of hydrogen-bond acceptors (Lipinski definition) is 27. The zero-order chi connectivity index (χ0) is 106. The van der Waals surface area contributed by atoms with Gasteiger partial charge >= 0.3 is 5.97 Å². The van der Waals surface area contributed by atoms with Crippen LogP contribution in [0.2, 0.25) is 0 Å². The topological polar surface area (TPSA) is 717 Å². The molecule has 0 bridgehead atoms. The Bertz CT molecular complexity index is 4200. The molecule has 0 aromatic rings. The highest BCUT2D eigenvalue weighted by Crippen LogP contribution is 2.23. The summed E-state index contributed by atoms with van der Waals surface area (Å²) in [6, 6.07) is -24.2. The van der Waals surface area contributed by atoms with Gasteiger partial charge in [-0.05, 0) is 158 Å². The number of nitrogens with one attached hydrogen (secondary N) is 17. The number of unbranched alkanes of at least 4 members (excludes halogenated alkanes) is 3. The zero-order valence-electron chi connectivity index (χ0n) is 84.5. The highest BCUT2D eigenvalue weighted by atomic mass is 16.5. The minimum Gasteiger partial charge on any atom is -0.458 e. The Morgan fingerprint density at radius 2 is 0.892 bits per heavy atom. The average molecular weight is 1970 g/mol. The van der Waals surface area contributed by atoms with E-state index >= 15 is 0 Å². The minimum atomic E-state index is -1.89. The van der Waals surface area contributed by atoms with Gasteiger partial charge in [-0.25, -0.2) is 4.79 Å². The monoisotopic (exact) mass is 1970 g/mol. The number of nitrogens with zero attached hydrogens (tertiary/aromatic N) is 1. The number of primary amides is 1. The van der Waals surface area contributed by atoms with Crippen molar-refractivity contribution < 1.29 is 121 Å². The molecular formula is C93H161N21O25. The fourth-order valence-corrected chi connectivity index (χ4v) is 15.2. The molecule has 788 valence electrons. The van der Waals surface area contributed by atoms with Gasteiger partial charge in [-0.15, -0.1) is 0 Å². The first kappa shape index (κ1) is 124. The lowest BCUT2D eigenvalue weighted by Crippen LogP contribution is -2.63. The number of hydrogen-bond donors (Lipinski definition) is 24. The van der Waals surface area contributed by atoms with E-state index in [1.54, 1.807) is 96.9 Å². The lowest BCUT2D eigenvalue weighted by molar-refractivity contribution is -0.156. The summed E-state index contributed by atoms with van der Waals surface area (Å²) in [5.74, 6) is -23.8. The maximum atomic E-state index is 14.7. The molecule has 2 fully saturated rings. The van der Waals surface area contributed by atoms with Gasteiger partial charge in [-0.3, -0.25) is 91.1 Å². The zero-order valence-corrected chi connectivity index (χ0v) is 84.5. The Morgan fingerprint density at radius 3 is 1.32 bits per heavy atom. The predicted octanol–water partition coefficient (Wildman–Crippen LogP) is -3.91. The first-order valence-corrected chi connectivity index (χ1v) is 48.4. The first-order chi connectivity index (χ1) is 65.2. The van der Waals surface area contributed by atoms with Crippen molar-refractivity contribution in [1.29, 1.82) is 0 Å². The number of cyclic esters (lactones) is 1. The van der Waals surface area contributed by atoms with Crippen LogP contribution in [0.4, 0.5) is 0 Å². The van der Waals surface area contributed by atoms with E-state index in [2.05, 4.69) is 90.4 Å². The van der Waals surface area contributed by atoms with Crippen molar-refractivity contribution >= 4 is 118 Å². The van der Waals surface area contributed by atoms with Gasteiger partial charge in [0.15, 0.2) is 0 Å². The van der Waals surface area contributed by atoms with Crippen molar-refractivity contribution in [2.45, 2.75) is 357 Å². The van der Waals surface area contributed by atoms with Crippen molar-refractivity contribution in [3.8, 4) is 0 Å². The predicted molar refractivity (Wildman–Crippen MR) is 511 cm³/mol. The molecule has 139 heavy (non-hydrogen) atoms. The lowest BCUT2D eigenvalue weighted by Gasteiger charge is -2.31. The number of likely N-dealkylation sites (tertiary alicyclic amines) is 1. The van der Waals surface area contributed by atoms with Crippen molar-refractivity contribution in [3.63, 3.8) is 0 Å². The summed E-state index contributed by atoms with van der Waals surface area (Å²) in [7, 11) is 0. The minimum absolute atomic E-state index is 0.0437. The van der Waals surface area contributed by atoms with Gasteiger partial charge in [0.2, 0.25) is 100 Å². The molecule has 1 unspecified atom stereocenters. The van der Waals surface area contributed by atoms with Gasteiger partial charge in [0.1, 0.15) is 114 Å². The molecule has 27 N–H and O–H groups in total. The Labute approximate surface area is 815 Å². The number of allylic oxidation sites excluding steroid dienone is 2. The molecule has 0 aromatic carbocycles. The molecule has 18 atom stereocenters. The fourth-order valence-electron chi connectivity index (χ4n) is 15.2. The maximum Gasteiger partial charge on any atom is 0.328 e. The van der Waals surface area contributed by atoms with Crippen LogP contribution in [0.15, 0.2) is 23.5 Å². The van der Waals surface area contributed by atoms with Crippen LogP contribution < -0.4 is 108 Å². The molecule has 0 aliphatic carbocycles.